The largest absolute Gasteiger partial charge is 0.456 e. The van der Waals surface area contributed by atoms with Gasteiger partial charge in [-0.15, -0.1) is 0 Å². The number of fused-ring (bicyclic) bond motifs is 5. The molecule has 16 heteroatoms. The van der Waals surface area contributed by atoms with E-state index in [1.807, 2.05) is 0 Å². The summed E-state index contributed by atoms with van der Waals surface area (Å²) in [6, 6.07) is 6.54. The van der Waals surface area contributed by atoms with Gasteiger partial charge in [0.15, 0.2) is 23.6 Å². The number of aliphatic hydroxyl groups is 3. The number of benzene rings is 1. The van der Waals surface area contributed by atoms with E-state index >= 15 is 4.79 Å². The van der Waals surface area contributed by atoms with Crippen LogP contribution in [0.3, 0.4) is 0 Å². The van der Waals surface area contributed by atoms with Crippen LogP contribution in [0.1, 0.15) is 105 Å². The molecular formula is C45H59NO15. The van der Waals surface area contributed by atoms with Crippen LogP contribution in [0.4, 0.5) is 4.79 Å². The summed E-state index contributed by atoms with van der Waals surface area (Å²) in [5, 5.41) is 39.8. The molecule has 4 fully saturated rings. The number of hydrogen-bond acceptors (Lipinski definition) is 15. The van der Waals surface area contributed by atoms with Gasteiger partial charge in [0, 0.05) is 25.2 Å². The van der Waals surface area contributed by atoms with Gasteiger partial charge in [0.1, 0.15) is 29.5 Å². The molecule has 11 atom stereocenters. The number of nitrogens with one attached hydrogen (secondary N) is 1. The number of carbonyl (C=O) groups excluding carboxylic acids is 6. The van der Waals surface area contributed by atoms with Crippen molar-refractivity contribution in [1.29, 1.82) is 0 Å². The highest BCUT2D eigenvalue weighted by Gasteiger charge is 2.78. The average Bonchev–Trinajstić information content (AvgIpc) is 4.01. The average molecular weight is 854 g/mol. The number of alkyl carbamates (subject to hydrolysis) is 1. The van der Waals surface area contributed by atoms with E-state index < -0.39 is 124 Å². The lowest BCUT2D eigenvalue weighted by molar-refractivity contribution is -0.346. The highest BCUT2D eigenvalue weighted by molar-refractivity contribution is 5.95. The van der Waals surface area contributed by atoms with E-state index in [-0.39, 0.29) is 29.7 Å². The minimum Gasteiger partial charge on any atom is -0.456 e. The molecule has 2 bridgehead atoms. The van der Waals surface area contributed by atoms with Crippen molar-refractivity contribution in [3.63, 3.8) is 0 Å². The number of carbonyl (C=O) groups is 6. The van der Waals surface area contributed by atoms with Crippen molar-refractivity contribution in [3.8, 4) is 0 Å². The first kappa shape index (κ1) is 45.9. The molecule has 0 spiro atoms. The number of rotatable bonds is 10. The SMILES string of the molecule is CC(=O)O[C@H]1C(=O)[C@@]2(C)C([C@H](OC(=O)c3ccccc3)[C@]3(O)C[C@H](OC(=O)[C@H](O)C(C=C(C)C)NC(=O)OC(C)(C)C)C(C)=C1C3(C)C)[C@]1(OC(=O)C3CC3)CO[C@@H]1C[C@@H]2O. The number of Topliss-reactive ketones (excluding diaryl/α,β-unsaturated/α-hetero) is 1. The molecule has 61 heavy (non-hydrogen) atoms. The fourth-order valence-corrected chi connectivity index (χ4v) is 9.71. The molecule has 2 unspecified atom stereocenters. The maximum Gasteiger partial charge on any atom is 0.408 e. The summed E-state index contributed by atoms with van der Waals surface area (Å²) in [7, 11) is 0. The smallest absolute Gasteiger partial charge is 0.408 e. The number of allylic oxidation sites excluding steroid dienone is 1. The fraction of sp³-hybridized carbons (Fsp3) is 0.644. The normalized spacial score (nSPS) is 33.7. The van der Waals surface area contributed by atoms with Gasteiger partial charge in [-0.1, -0.05) is 43.7 Å². The predicted octanol–water partition coefficient (Wildman–Crippen LogP) is 3.81. The highest BCUT2D eigenvalue weighted by Crippen LogP contribution is 2.64. The van der Waals surface area contributed by atoms with Gasteiger partial charge in [0.2, 0.25) is 0 Å². The second-order valence-corrected chi connectivity index (χ2v) is 19.1. The minimum absolute atomic E-state index is 0.00473. The molecule has 4 aliphatic carbocycles. The third-order valence-electron chi connectivity index (χ3n) is 13.1. The Hall–Kier alpha value is -4.64. The van der Waals surface area contributed by atoms with E-state index in [0.29, 0.717) is 18.4 Å². The lowest BCUT2D eigenvalue weighted by Gasteiger charge is -2.67. The van der Waals surface area contributed by atoms with E-state index in [0.717, 1.165) is 6.92 Å². The van der Waals surface area contributed by atoms with E-state index in [1.165, 1.54) is 32.1 Å². The Balaban J connectivity index is 1.54. The van der Waals surface area contributed by atoms with Crippen LogP contribution in [0.25, 0.3) is 0 Å². The first-order chi connectivity index (χ1) is 28.3. The molecule has 1 aliphatic heterocycles. The summed E-state index contributed by atoms with van der Waals surface area (Å²) < 4.78 is 36.0. The molecule has 1 saturated heterocycles. The molecule has 0 aromatic heterocycles. The van der Waals surface area contributed by atoms with E-state index in [1.54, 1.807) is 66.7 Å². The molecule has 6 rings (SSSR count). The Labute approximate surface area is 355 Å². The number of hydrogen-bond donors (Lipinski definition) is 4. The monoisotopic (exact) mass is 853 g/mol. The Morgan fingerprint density at radius 1 is 0.984 bits per heavy atom. The van der Waals surface area contributed by atoms with Crippen molar-refractivity contribution in [2.24, 2.45) is 22.7 Å². The molecule has 4 N–H and O–H groups in total. The maximum absolute atomic E-state index is 15.5. The lowest BCUT2D eigenvalue weighted by atomic mass is 9.44. The summed E-state index contributed by atoms with van der Waals surface area (Å²) in [6.45, 7) is 15.2. The molecule has 334 valence electrons. The molecule has 1 amide bonds. The number of ketones is 1. The van der Waals surface area contributed by atoms with Gasteiger partial charge in [-0.25, -0.2) is 14.4 Å². The molecule has 1 aromatic rings. The van der Waals surface area contributed by atoms with Crippen molar-refractivity contribution in [3.05, 3.63) is 58.7 Å². The summed E-state index contributed by atoms with van der Waals surface area (Å²) in [4.78, 5) is 83.4. The summed E-state index contributed by atoms with van der Waals surface area (Å²) in [6.07, 6.45) is -8.76. The van der Waals surface area contributed by atoms with Gasteiger partial charge in [0.25, 0.3) is 0 Å². The van der Waals surface area contributed by atoms with Crippen LogP contribution in [0.5, 0.6) is 0 Å². The van der Waals surface area contributed by atoms with Gasteiger partial charge in [-0.3, -0.25) is 14.4 Å². The standard InChI is InChI=1S/C45H59NO15/c1-22(2)18-27(46-40(54)61-41(5,6)7)32(49)39(53)58-28-20-45(55)36(59-37(51)25-14-12-11-13-15-25)34-43(10,35(50)33(57-24(4)47)31(23(28)3)42(45,8)9)29(48)19-30-44(34,21-56-30)60-38(52)26-16-17-26/h11-15,18,26-30,32-34,36,48-49,55H,16-17,19-21H2,1-10H3,(H,46,54)/t27?,28-,29-,30+,32+,33+,34?,36-,43+,44-,45+/m0/s1. The van der Waals surface area contributed by atoms with Crippen molar-refractivity contribution in [2.75, 3.05) is 6.61 Å². The van der Waals surface area contributed by atoms with E-state index in [4.69, 9.17) is 28.4 Å². The third-order valence-corrected chi connectivity index (χ3v) is 13.1. The summed E-state index contributed by atoms with van der Waals surface area (Å²) in [5.74, 6) is -6.43. The van der Waals surface area contributed by atoms with E-state index in [2.05, 4.69) is 5.32 Å². The molecule has 16 nitrogen and oxygen atoms in total. The van der Waals surface area contributed by atoms with Crippen LogP contribution in [0, 0.1) is 22.7 Å². The van der Waals surface area contributed by atoms with E-state index in [9.17, 15) is 39.3 Å². The van der Waals surface area contributed by atoms with Crippen molar-refractivity contribution < 1.29 is 72.5 Å². The first-order valence-corrected chi connectivity index (χ1v) is 20.7. The van der Waals surface area contributed by atoms with Crippen LogP contribution in [0.2, 0.25) is 0 Å². The van der Waals surface area contributed by atoms with Crippen molar-refractivity contribution in [2.45, 2.75) is 154 Å². The number of aliphatic hydroxyl groups excluding tert-OH is 2. The summed E-state index contributed by atoms with van der Waals surface area (Å²) >= 11 is 0. The Kier molecular flexibility index (Phi) is 12.2. The first-order valence-electron chi connectivity index (χ1n) is 20.7. The van der Waals surface area contributed by atoms with Crippen molar-refractivity contribution in [1.82, 2.24) is 5.32 Å². The Bertz CT molecular complexity index is 2010. The second-order valence-electron chi connectivity index (χ2n) is 19.1. The van der Waals surface area contributed by atoms with Crippen LogP contribution >= 0.6 is 0 Å². The molecule has 5 aliphatic rings. The maximum atomic E-state index is 15.5. The second kappa shape index (κ2) is 16.2. The van der Waals surface area contributed by atoms with Gasteiger partial charge in [0.05, 0.1) is 41.6 Å². The number of esters is 4. The molecule has 1 aromatic carbocycles. The number of amides is 1. The highest BCUT2D eigenvalue weighted by atomic mass is 16.6. The number of ether oxygens (including phenoxy) is 6. The minimum atomic E-state index is -2.38. The zero-order chi connectivity index (χ0) is 45.2. The fourth-order valence-electron chi connectivity index (χ4n) is 9.71. The molecule has 3 saturated carbocycles. The molecule has 1 heterocycles. The molecular weight excluding hydrogens is 794 g/mol. The predicted molar refractivity (Wildman–Crippen MR) is 214 cm³/mol. The van der Waals surface area contributed by atoms with Crippen LogP contribution < -0.4 is 5.32 Å². The topological polar surface area (TPSA) is 231 Å². The van der Waals surface area contributed by atoms with Crippen LogP contribution in [-0.4, -0.2) is 117 Å². The quantitative estimate of drug-likeness (QED) is 0.149. The Morgan fingerprint density at radius 3 is 2.16 bits per heavy atom. The molecule has 0 radical (unpaired) electrons. The van der Waals surface area contributed by atoms with Crippen LogP contribution in [0.15, 0.2) is 53.1 Å². The van der Waals surface area contributed by atoms with Gasteiger partial charge in [-0.2, -0.15) is 0 Å². The van der Waals surface area contributed by atoms with Gasteiger partial charge < -0.3 is 49.1 Å². The third kappa shape index (κ3) is 8.23. The van der Waals surface area contributed by atoms with Crippen molar-refractivity contribution >= 4 is 35.8 Å². The van der Waals surface area contributed by atoms with Gasteiger partial charge in [-0.05, 0) is 84.6 Å². The lowest BCUT2D eigenvalue weighted by Crippen LogP contribution is -2.82. The zero-order valence-corrected chi connectivity index (χ0v) is 36.4. The Morgan fingerprint density at radius 2 is 1.62 bits per heavy atom. The zero-order valence-electron chi connectivity index (χ0n) is 36.4. The van der Waals surface area contributed by atoms with Gasteiger partial charge >= 0.3 is 30.0 Å². The summed E-state index contributed by atoms with van der Waals surface area (Å²) in [5.41, 5.74) is -7.84. The van der Waals surface area contributed by atoms with Crippen LogP contribution in [-0.2, 0) is 47.6 Å².